The number of aryl methyl sites for hydroxylation is 1. The quantitative estimate of drug-likeness (QED) is 0.828. The van der Waals surface area contributed by atoms with Crippen molar-refractivity contribution in [3.8, 4) is 0 Å². The Balaban J connectivity index is 2.15. The van der Waals surface area contributed by atoms with Gasteiger partial charge in [0.1, 0.15) is 5.82 Å². The summed E-state index contributed by atoms with van der Waals surface area (Å²) < 4.78 is 26.3. The molecule has 7 heteroatoms. The maximum atomic E-state index is 12.4. The normalized spacial score (nSPS) is 22.2. The standard InChI is InChI=1S/C11H20N4O2S/c1-9-13-7-11(14-9)18(16,17)15-5-3-4-10(8-15)6-12-2/h7,10,12H,3-6,8H2,1-2H3,(H,13,14). The molecule has 1 atom stereocenters. The molecule has 1 aliphatic heterocycles. The minimum atomic E-state index is -3.40. The van der Waals surface area contributed by atoms with Gasteiger partial charge in [0.2, 0.25) is 0 Å². The molecule has 18 heavy (non-hydrogen) atoms. The number of nitrogens with one attached hydrogen (secondary N) is 2. The predicted octanol–water partition coefficient (Wildman–Crippen LogP) is 0.338. The third-order valence-corrected chi connectivity index (χ3v) is 5.05. The molecule has 1 unspecified atom stereocenters. The SMILES string of the molecule is CNCC1CCCN(S(=O)(=O)c2cnc(C)[nH]2)C1. The average molecular weight is 272 g/mol. The highest BCUT2D eigenvalue weighted by molar-refractivity contribution is 7.89. The van der Waals surface area contributed by atoms with Gasteiger partial charge in [-0.15, -0.1) is 0 Å². The molecule has 2 N–H and O–H groups in total. The molecule has 2 heterocycles. The Morgan fingerprint density at radius 3 is 3.00 bits per heavy atom. The van der Waals surface area contributed by atoms with E-state index in [1.807, 2.05) is 7.05 Å². The van der Waals surface area contributed by atoms with E-state index in [2.05, 4.69) is 15.3 Å². The number of rotatable bonds is 4. The van der Waals surface area contributed by atoms with Crippen LogP contribution < -0.4 is 5.32 Å². The van der Waals surface area contributed by atoms with Gasteiger partial charge >= 0.3 is 0 Å². The van der Waals surface area contributed by atoms with Crippen LogP contribution in [0.2, 0.25) is 0 Å². The molecule has 0 aromatic carbocycles. The van der Waals surface area contributed by atoms with Crippen molar-refractivity contribution in [2.24, 2.45) is 5.92 Å². The molecule has 1 aromatic heterocycles. The molecular formula is C11H20N4O2S. The summed E-state index contributed by atoms with van der Waals surface area (Å²) in [6.45, 7) is 3.79. The molecule has 1 saturated heterocycles. The van der Waals surface area contributed by atoms with E-state index in [-0.39, 0.29) is 5.03 Å². The zero-order valence-corrected chi connectivity index (χ0v) is 11.6. The summed E-state index contributed by atoms with van der Waals surface area (Å²) in [6, 6.07) is 0. The summed E-state index contributed by atoms with van der Waals surface area (Å²) in [7, 11) is -1.51. The molecule has 0 saturated carbocycles. The Hall–Kier alpha value is -0.920. The van der Waals surface area contributed by atoms with Gasteiger partial charge in [-0.3, -0.25) is 0 Å². The van der Waals surface area contributed by atoms with Crippen LogP contribution in [0, 0.1) is 12.8 Å². The van der Waals surface area contributed by atoms with E-state index in [1.165, 1.54) is 6.20 Å². The van der Waals surface area contributed by atoms with Gasteiger partial charge < -0.3 is 10.3 Å². The molecule has 0 amide bonds. The third kappa shape index (κ3) is 2.73. The molecule has 0 radical (unpaired) electrons. The molecule has 1 aliphatic rings. The first-order valence-corrected chi connectivity index (χ1v) is 7.64. The number of nitrogens with zero attached hydrogens (tertiary/aromatic N) is 2. The van der Waals surface area contributed by atoms with E-state index < -0.39 is 10.0 Å². The molecular weight excluding hydrogens is 252 g/mol. The summed E-state index contributed by atoms with van der Waals surface area (Å²) in [6.07, 6.45) is 3.39. The second-order valence-corrected chi connectivity index (χ2v) is 6.67. The summed E-state index contributed by atoms with van der Waals surface area (Å²) in [5.41, 5.74) is 0. The smallest absolute Gasteiger partial charge is 0.260 e. The number of aromatic amines is 1. The lowest BCUT2D eigenvalue weighted by Crippen LogP contribution is -2.42. The molecule has 1 aromatic rings. The second kappa shape index (κ2) is 5.38. The van der Waals surface area contributed by atoms with Crippen LogP contribution in [-0.2, 0) is 10.0 Å². The number of piperidine rings is 1. The Morgan fingerprint density at radius 1 is 1.61 bits per heavy atom. The van der Waals surface area contributed by atoms with Crippen LogP contribution in [0.5, 0.6) is 0 Å². The molecule has 6 nitrogen and oxygen atoms in total. The first kappa shape index (κ1) is 13.5. The maximum Gasteiger partial charge on any atom is 0.260 e. The number of hydrogen-bond acceptors (Lipinski definition) is 4. The van der Waals surface area contributed by atoms with Crippen LogP contribution in [-0.4, -0.2) is 49.4 Å². The Bertz CT molecular complexity index is 495. The van der Waals surface area contributed by atoms with Crippen molar-refractivity contribution in [3.05, 3.63) is 12.0 Å². The van der Waals surface area contributed by atoms with E-state index in [0.29, 0.717) is 24.8 Å². The fourth-order valence-corrected chi connectivity index (χ4v) is 3.89. The fraction of sp³-hybridized carbons (Fsp3) is 0.727. The number of H-pyrrole nitrogens is 1. The minimum Gasteiger partial charge on any atom is -0.332 e. The van der Waals surface area contributed by atoms with Gasteiger partial charge in [0, 0.05) is 13.1 Å². The first-order chi connectivity index (χ1) is 8.54. The zero-order chi connectivity index (χ0) is 13.2. The highest BCUT2D eigenvalue weighted by Crippen LogP contribution is 2.22. The van der Waals surface area contributed by atoms with Crippen LogP contribution in [0.4, 0.5) is 0 Å². The monoisotopic (exact) mass is 272 g/mol. The Kier molecular flexibility index (Phi) is 4.04. The topological polar surface area (TPSA) is 78.1 Å². The van der Waals surface area contributed by atoms with Crippen molar-refractivity contribution < 1.29 is 8.42 Å². The number of imidazole rings is 1. The highest BCUT2D eigenvalue weighted by Gasteiger charge is 2.31. The van der Waals surface area contributed by atoms with Crippen molar-refractivity contribution in [2.45, 2.75) is 24.8 Å². The van der Waals surface area contributed by atoms with Gasteiger partial charge in [-0.25, -0.2) is 13.4 Å². The van der Waals surface area contributed by atoms with Crippen LogP contribution in [0.1, 0.15) is 18.7 Å². The maximum absolute atomic E-state index is 12.4. The second-order valence-electron chi connectivity index (χ2n) is 4.76. The summed E-state index contributed by atoms with van der Waals surface area (Å²) >= 11 is 0. The predicted molar refractivity (Wildman–Crippen MR) is 68.7 cm³/mol. The Morgan fingerprint density at radius 2 is 2.39 bits per heavy atom. The van der Waals surface area contributed by atoms with Crippen molar-refractivity contribution in [1.29, 1.82) is 0 Å². The lowest BCUT2D eigenvalue weighted by molar-refractivity contribution is 0.263. The van der Waals surface area contributed by atoms with Crippen LogP contribution in [0.3, 0.4) is 0 Å². The molecule has 2 rings (SSSR count). The van der Waals surface area contributed by atoms with Gasteiger partial charge in [-0.05, 0) is 39.3 Å². The van der Waals surface area contributed by atoms with Gasteiger partial charge in [-0.2, -0.15) is 4.31 Å². The van der Waals surface area contributed by atoms with Crippen molar-refractivity contribution >= 4 is 10.0 Å². The Labute approximate surface area is 108 Å². The fourth-order valence-electron chi connectivity index (χ4n) is 2.37. The summed E-state index contributed by atoms with van der Waals surface area (Å²) in [5, 5.41) is 3.31. The van der Waals surface area contributed by atoms with E-state index in [9.17, 15) is 8.42 Å². The van der Waals surface area contributed by atoms with Gasteiger partial charge in [0.05, 0.1) is 6.20 Å². The first-order valence-electron chi connectivity index (χ1n) is 6.20. The van der Waals surface area contributed by atoms with E-state index in [4.69, 9.17) is 0 Å². The number of hydrogen-bond donors (Lipinski definition) is 2. The minimum absolute atomic E-state index is 0.199. The van der Waals surface area contributed by atoms with Crippen molar-refractivity contribution in [3.63, 3.8) is 0 Å². The van der Waals surface area contributed by atoms with Gasteiger partial charge in [-0.1, -0.05) is 0 Å². The third-order valence-electron chi connectivity index (χ3n) is 3.27. The molecule has 0 bridgehead atoms. The lowest BCUT2D eigenvalue weighted by Gasteiger charge is -2.31. The van der Waals surface area contributed by atoms with Crippen molar-refractivity contribution in [2.75, 3.05) is 26.7 Å². The number of sulfonamides is 1. The van der Waals surface area contributed by atoms with Crippen LogP contribution >= 0.6 is 0 Å². The number of aromatic nitrogens is 2. The van der Waals surface area contributed by atoms with Crippen molar-refractivity contribution in [1.82, 2.24) is 19.6 Å². The summed E-state index contributed by atoms with van der Waals surface area (Å²) in [4.78, 5) is 6.76. The lowest BCUT2D eigenvalue weighted by atomic mass is 10.00. The van der Waals surface area contributed by atoms with Crippen LogP contribution in [0.15, 0.2) is 11.2 Å². The molecule has 0 aliphatic carbocycles. The largest absolute Gasteiger partial charge is 0.332 e. The van der Waals surface area contributed by atoms with E-state index >= 15 is 0 Å². The van der Waals surface area contributed by atoms with Gasteiger partial charge in [0.15, 0.2) is 5.03 Å². The van der Waals surface area contributed by atoms with Crippen LogP contribution in [0.25, 0.3) is 0 Å². The average Bonchev–Trinajstić information content (AvgIpc) is 2.77. The highest BCUT2D eigenvalue weighted by atomic mass is 32.2. The summed E-state index contributed by atoms with van der Waals surface area (Å²) in [5.74, 6) is 1.01. The van der Waals surface area contributed by atoms with Gasteiger partial charge in [0.25, 0.3) is 10.0 Å². The molecule has 1 fully saturated rings. The van der Waals surface area contributed by atoms with E-state index in [0.717, 1.165) is 19.4 Å². The molecule has 102 valence electrons. The van der Waals surface area contributed by atoms with E-state index in [1.54, 1.807) is 11.2 Å². The molecule has 0 spiro atoms. The zero-order valence-electron chi connectivity index (χ0n) is 10.8.